The van der Waals surface area contributed by atoms with Crippen LogP contribution in [0.4, 0.5) is 11.4 Å². The van der Waals surface area contributed by atoms with Crippen molar-refractivity contribution in [2.45, 2.75) is 20.3 Å². The molecule has 0 aliphatic carbocycles. The number of non-ortho nitro benzene ring substituents is 1. The van der Waals surface area contributed by atoms with Crippen LogP contribution in [0.1, 0.15) is 25.0 Å². The van der Waals surface area contributed by atoms with Crippen molar-refractivity contribution >= 4 is 28.7 Å². The second-order valence-electron chi connectivity index (χ2n) is 7.06. The molecule has 4 aromatic rings. The van der Waals surface area contributed by atoms with Gasteiger partial charge in [-0.05, 0) is 49.2 Å². The molecule has 0 aliphatic heterocycles. The number of hydrogen-bond donors (Lipinski definition) is 1. The summed E-state index contributed by atoms with van der Waals surface area (Å²) < 4.78 is 11.2. The number of aromatic hydroxyl groups is 1. The molecule has 0 spiro atoms. The topological polar surface area (TPSA) is 111 Å². The number of rotatable bonds is 7. The molecule has 162 valence electrons. The number of fused-ring (bicyclic) bond motifs is 1. The smallest absolute Gasteiger partial charge is 0.274 e. The second-order valence-corrected chi connectivity index (χ2v) is 7.06. The number of aromatic nitrogens is 1. The highest BCUT2D eigenvalue weighted by molar-refractivity contribution is 5.88. The Hall–Kier alpha value is -4.20. The number of oxazole rings is 1. The van der Waals surface area contributed by atoms with Gasteiger partial charge in [0.2, 0.25) is 5.89 Å². The molecule has 1 N–H and O–H groups in total. The maximum Gasteiger partial charge on any atom is 0.274 e. The van der Waals surface area contributed by atoms with Gasteiger partial charge in [-0.1, -0.05) is 19.1 Å². The molecule has 8 heteroatoms. The minimum absolute atomic E-state index is 0.0369. The fourth-order valence-electron chi connectivity index (χ4n) is 3.26. The molecule has 3 aromatic carbocycles. The van der Waals surface area contributed by atoms with E-state index in [4.69, 9.17) is 9.15 Å². The summed E-state index contributed by atoms with van der Waals surface area (Å²) in [6.45, 7) is 4.07. The van der Waals surface area contributed by atoms with E-state index >= 15 is 0 Å². The minimum Gasteiger partial charge on any atom is -0.504 e. The first-order valence-corrected chi connectivity index (χ1v) is 10.2. The molecular weight excluding hydrogens is 410 g/mol. The van der Waals surface area contributed by atoms with Crippen LogP contribution in [0.2, 0.25) is 0 Å². The lowest BCUT2D eigenvalue weighted by atomic mass is 10.1. The zero-order valence-electron chi connectivity index (χ0n) is 17.6. The van der Waals surface area contributed by atoms with Crippen LogP contribution < -0.4 is 4.74 Å². The fourth-order valence-corrected chi connectivity index (χ4v) is 3.26. The van der Waals surface area contributed by atoms with E-state index < -0.39 is 4.92 Å². The number of benzene rings is 3. The molecule has 0 radical (unpaired) electrons. The number of nitro benzene ring substituents is 1. The predicted octanol–water partition coefficient (Wildman–Crippen LogP) is 5.82. The number of ether oxygens (including phenoxy) is 1. The Morgan fingerprint density at radius 1 is 1.19 bits per heavy atom. The van der Waals surface area contributed by atoms with E-state index in [0.29, 0.717) is 17.2 Å². The van der Waals surface area contributed by atoms with E-state index in [9.17, 15) is 15.2 Å². The number of nitrogens with zero attached hydrogens (tertiary/aromatic N) is 3. The molecule has 32 heavy (non-hydrogen) atoms. The highest BCUT2D eigenvalue weighted by Gasteiger charge is 2.16. The minimum atomic E-state index is -0.545. The van der Waals surface area contributed by atoms with Crippen molar-refractivity contribution in [3.8, 4) is 23.0 Å². The van der Waals surface area contributed by atoms with E-state index in [1.807, 2.05) is 30.3 Å². The number of aliphatic imine (C=N–C) groups is 1. The average molecular weight is 431 g/mol. The lowest BCUT2D eigenvalue weighted by Crippen LogP contribution is -1.97. The van der Waals surface area contributed by atoms with Gasteiger partial charge in [-0.15, -0.1) is 0 Å². The SMILES string of the molecule is CCOc1cc([N+](=O)[O-])cc(C=Nc2cccc(-c3nc4cc(CC)ccc4o3)c2)c1O. The molecule has 0 atom stereocenters. The quantitative estimate of drug-likeness (QED) is 0.224. The Morgan fingerprint density at radius 3 is 2.78 bits per heavy atom. The molecule has 0 bridgehead atoms. The zero-order chi connectivity index (χ0) is 22.7. The number of phenols is 1. The predicted molar refractivity (Wildman–Crippen MR) is 122 cm³/mol. The van der Waals surface area contributed by atoms with Crippen LogP contribution in [0.15, 0.2) is 64.0 Å². The third-order valence-corrected chi connectivity index (χ3v) is 4.91. The largest absolute Gasteiger partial charge is 0.504 e. The molecule has 8 nitrogen and oxygen atoms in total. The van der Waals surface area contributed by atoms with E-state index in [1.165, 1.54) is 23.9 Å². The summed E-state index contributed by atoms with van der Waals surface area (Å²) in [5, 5.41) is 21.6. The Bertz CT molecular complexity index is 1330. The van der Waals surface area contributed by atoms with Crippen LogP contribution in [0.3, 0.4) is 0 Å². The first-order valence-electron chi connectivity index (χ1n) is 10.2. The van der Waals surface area contributed by atoms with Gasteiger partial charge in [-0.3, -0.25) is 15.1 Å². The summed E-state index contributed by atoms with van der Waals surface area (Å²) in [6, 6.07) is 15.6. The van der Waals surface area contributed by atoms with Crippen molar-refractivity contribution in [2.24, 2.45) is 4.99 Å². The van der Waals surface area contributed by atoms with Crippen molar-refractivity contribution in [3.05, 3.63) is 75.8 Å². The van der Waals surface area contributed by atoms with Crippen molar-refractivity contribution in [2.75, 3.05) is 6.61 Å². The van der Waals surface area contributed by atoms with Crippen LogP contribution in [-0.2, 0) is 6.42 Å². The molecular formula is C24H21N3O5. The second kappa shape index (κ2) is 8.89. The van der Waals surface area contributed by atoms with Gasteiger partial charge in [0.05, 0.1) is 23.3 Å². The van der Waals surface area contributed by atoms with Crippen LogP contribution in [-0.4, -0.2) is 27.8 Å². The maximum atomic E-state index is 11.2. The van der Waals surface area contributed by atoms with Crippen LogP contribution in [0.5, 0.6) is 11.5 Å². The molecule has 1 heterocycles. The van der Waals surface area contributed by atoms with Crippen molar-refractivity contribution < 1.29 is 19.2 Å². The normalized spacial score (nSPS) is 11.3. The first kappa shape index (κ1) is 21.0. The molecule has 0 amide bonds. The lowest BCUT2D eigenvalue weighted by Gasteiger charge is -2.08. The van der Waals surface area contributed by atoms with E-state index in [0.717, 1.165) is 17.5 Å². The van der Waals surface area contributed by atoms with Gasteiger partial charge in [0.25, 0.3) is 5.69 Å². The van der Waals surface area contributed by atoms with Crippen LogP contribution in [0.25, 0.3) is 22.6 Å². The van der Waals surface area contributed by atoms with Crippen LogP contribution in [0, 0.1) is 10.1 Å². The number of hydrogen-bond acceptors (Lipinski definition) is 7. The highest BCUT2D eigenvalue weighted by atomic mass is 16.6. The third kappa shape index (κ3) is 4.29. The number of phenolic OH excluding ortho intramolecular Hbond substituents is 1. The van der Waals surface area contributed by atoms with E-state index in [2.05, 4.69) is 16.9 Å². The van der Waals surface area contributed by atoms with E-state index in [-0.39, 0.29) is 29.4 Å². The summed E-state index contributed by atoms with van der Waals surface area (Å²) in [7, 11) is 0. The highest BCUT2D eigenvalue weighted by Crippen LogP contribution is 2.34. The average Bonchev–Trinajstić information content (AvgIpc) is 3.23. The summed E-state index contributed by atoms with van der Waals surface area (Å²) in [6.07, 6.45) is 2.28. The Labute approximate surface area is 184 Å². The van der Waals surface area contributed by atoms with Gasteiger partial charge in [0.1, 0.15) is 5.52 Å². The van der Waals surface area contributed by atoms with Crippen molar-refractivity contribution in [1.82, 2.24) is 4.98 Å². The molecule has 0 saturated carbocycles. The third-order valence-electron chi connectivity index (χ3n) is 4.91. The van der Waals surface area contributed by atoms with Gasteiger partial charge >= 0.3 is 0 Å². The van der Waals surface area contributed by atoms with Gasteiger partial charge < -0.3 is 14.3 Å². The van der Waals surface area contributed by atoms with Crippen molar-refractivity contribution in [3.63, 3.8) is 0 Å². The zero-order valence-corrected chi connectivity index (χ0v) is 17.6. The monoisotopic (exact) mass is 431 g/mol. The lowest BCUT2D eigenvalue weighted by molar-refractivity contribution is -0.385. The molecule has 0 aliphatic rings. The Balaban J connectivity index is 1.67. The van der Waals surface area contributed by atoms with E-state index in [1.54, 1.807) is 19.1 Å². The first-order chi connectivity index (χ1) is 15.5. The molecule has 1 aromatic heterocycles. The van der Waals surface area contributed by atoms with Crippen LogP contribution >= 0.6 is 0 Å². The summed E-state index contributed by atoms with van der Waals surface area (Å²) in [5.74, 6) is 0.306. The molecule has 0 saturated heterocycles. The summed E-state index contributed by atoms with van der Waals surface area (Å²) >= 11 is 0. The number of aryl methyl sites for hydroxylation is 1. The summed E-state index contributed by atoms with van der Waals surface area (Å²) in [5.41, 5.74) is 3.98. The number of nitro groups is 1. The van der Waals surface area contributed by atoms with Gasteiger partial charge in [-0.2, -0.15) is 0 Å². The molecule has 0 fully saturated rings. The molecule has 4 rings (SSSR count). The Morgan fingerprint density at radius 2 is 2.03 bits per heavy atom. The maximum absolute atomic E-state index is 11.2. The fraction of sp³-hybridized carbons (Fsp3) is 0.167. The summed E-state index contributed by atoms with van der Waals surface area (Å²) in [4.78, 5) is 19.6. The Kier molecular flexibility index (Phi) is 5.85. The van der Waals surface area contributed by atoms with Crippen molar-refractivity contribution in [1.29, 1.82) is 0 Å². The van der Waals surface area contributed by atoms with Gasteiger partial charge in [0, 0.05) is 23.4 Å². The standard InChI is InChI=1S/C24H21N3O5/c1-3-15-8-9-21-20(10-15)26-24(32-21)16-6-5-7-18(11-16)25-14-17-12-19(27(29)30)13-22(23(17)28)31-4-2/h5-14,28H,3-4H2,1-2H3. The van der Waals surface area contributed by atoms with Gasteiger partial charge in [0.15, 0.2) is 17.1 Å². The molecule has 0 unspecified atom stereocenters. The van der Waals surface area contributed by atoms with Gasteiger partial charge in [-0.25, -0.2) is 4.98 Å².